The summed E-state index contributed by atoms with van der Waals surface area (Å²) in [7, 11) is 2.17. The van der Waals surface area contributed by atoms with Crippen LogP contribution in [0, 0.1) is 6.92 Å². The van der Waals surface area contributed by atoms with Crippen molar-refractivity contribution in [2.45, 2.75) is 19.4 Å². The highest BCUT2D eigenvalue weighted by atomic mass is 16.3. The number of phenols is 1. The molecule has 0 fully saturated rings. The van der Waals surface area contributed by atoms with Crippen molar-refractivity contribution in [1.29, 1.82) is 0 Å². The topological polar surface area (TPSA) is 23.5 Å². The number of phenolic OH excluding ortho intramolecular Hbond substituents is 1. The van der Waals surface area contributed by atoms with Gasteiger partial charge in [0.15, 0.2) is 0 Å². The Kier molecular flexibility index (Phi) is 3.03. The van der Waals surface area contributed by atoms with Gasteiger partial charge in [0.2, 0.25) is 0 Å². The quantitative estimate of drug-likeness (QED) is 0.843. The van der Waals surface area contributed by atoms with E-state index in [1.807, 2.05) is 6.07 Å². The summed E-state index contributed by atoms with van der Waals surface area (Å²) in [5.41, 5.74) is 5.19. The molecule has 1 N–H and O–H groups in total. The molecule has 19 heavy (non-hydrogen) atoms. The molecule has 1 aliphatic rings. The summed E-state index contributed by atoms with van der Waals surface area (Å²) in [5.74, 6) is 0.367. The van der Waals surface area contributed by atoms with E-state index >= 15 is 0 Å². The monoisotopic (exact) mass is 253 g/mol. The third kappa shape index (κ3) is 2.24. The molecule has 2 nitrogen and oxygen atoms in total. The van der Waals surface area contributed by atoms with Crippen LogP contribution in [0.3, 0.4) is 0 Å². The van der Waals surface area contributed by atoms with Gasteiger partial charge in [-0.3, -0.25) is 4.90 Å². The Morgan fingerprint density at radius 1 is 1.11 bits per heavy atom. The van der Waals surface area contributed by atoms with Gasteiger partial charge in [-0.15, -0.1) is 0 Å². The van der Waals surface area contributed by atoms with Crippen LogP contribution in [0.2, 0.25) is 0 Å². The number of fused-ring (bicyclic) bond motifs is 1. The Hall–Kier alpha value is -1.80. The van der Waals surface area contributed by atoms with Crippen LogP contribution in [-0.2, 0) is 6.42 Å². The molecule has 2 heteroatoms. The molecule has 0 saturated heterocycles. The molecule has 3 rings (SSSR count). The number of hydrogen-bond donors (Lipinski definition) is 1. The Bertz CT molecular complexity index is 589. The third-order valence-electron chi connectivity index (χ3n) is 3.99. The fourth-order valence-electron chi connectivity index (χ4n) is 2.92. The fraction of sp³-hybridized carbons (Fsp3) is 0.294. The summed E-state index contributed by atoms with van der Waals surface area (Å²) in [6, 6.07) is 14.8. The summed E-state index contributed by atoms with van der Waals surface area (Å²) in [6.45, 7) is 3.13. The van der Waals surface area contributed by atoms with Gasteiger partial charge < -0.3 is 5.11 Å². The van der Waals surface area contributed by atoms with Crippen LogP contribution in [0.15, 0.2) is 42.5 Å². The number of benzene rings is 2. The number of likely N-dealkylation sites (N-methyl/N-ethyl adjacent to an activating group) is 1. The minimum absolute atomic E-state index is 0.296. The van der Waals surface area contributed by atoms with Gasteiger partial charge in [0.05, 0.1) is 6.04 Å². The van der Waals surface area contributed by atoms with Crippen LogP contribution in [0.4, 0.5) is 0 Å². The molecule has 0 spiro atoms. The van der Waals surface area contributed by atoms with Gasteiger partial charge in [0, 0.05) is 6.54 Å². The molecule has 1 heterocycles. The maximum Gasteiger partial charge on any atom is 0.115 e. The Balaban J connectivity index is 2.08. The average Bonchev–Trinajstić information content (AvgIpc) is 2.40. The molecule has 0 aliphatic carbocycles. The number of hydrogen-bond acceptors (Lipinski definition) is 2. The molecule has 1 aliphatic heterocycles. The fourth-order valence-corrected chi connectivity index (χ4v) is 2.92. The van der Waals surface area contributed by atoms with E-state index in [4.69, 9.17) is 0 Å². The lowest BCUT2D eigenvalue weighted by Crippen LogP contribution is -2.32. The van der Waals surface area contributed by atoms with E-state index in [1.165, 1.54) is 22.3 Å². The van der Waals surface area contributed by atoms with Crippen molar-refractivity contribution in [3.8, 4) is 5.75 Å². The second kappa shape index (κ2) is 4.71. The smallest absolute Gasteiger partial charge is 0.115 e. The van der Waals surface area contributed by atoms with Gasteiger partial charge >= 0.3 is 0 Å². The minimum atomic E-state index is 0.296. The van der Waals surface area contributed by atoms with Crippen molar-refractivity contribution >= 4 is 0 Å². The van der Waals surface area contributed by atoms with Crippen molar-refractivity contribution in [3.63, 3.8) is 0 Å². The molecule has 2 aromatic rings. The van der Waals surface area contributed by atoms with E-state index in [-0.39, 0.29) is 0 Å². The SMILES string of the molecule is Cc1ccc(C2c3ccc(O)cc3CCN2C)cc1. The van der Waals surface area contributed by atoms with Crippen molar-refractivity contribution in [3.05, 3.63) is 64.7 Å². The van der Waals surface area contributed by atoms with E-state index in [2.05, 4.69) is 49.2 Å². The number of nitrogens with zero attached hydrogens (tertiary/aromatic N) is 1. The summed E-state index contributed by atoms with van der Waals surface area (Å²) in [4.78, 5) is 2.38. The lowest BCUT2D eigenvalue weighted by Gasteiger charge is -2.35. The van der Waals surface area contributed by atoms with Crippen LogP contribution >= 0.6 is 0 Å². The van der Waals surface area contributed by atoms with Crippen LogP contribution < -0.4 is 0 Å². The van der Waals surface area contributed by atoms with E-state index in [0.717, 1.165) is 13.0 Å². The van der Waals surface area contributed by atoms with Gasteiger partial charge in [-0.25, -0.2) is 0 Å². The molecule has 0 radical (unpaired) electrons. The van der Waals surface area contributed by atoms with Crippen molar-refractivity contribution in [2.24, 2.45) is 0 Å². The molecule has 98 valence electrons. The zero-order chi connectivity index (χ0) is 13.4. The molecule has 0 amide bonds. The minimum Gasteiger partial charge on any atom is -0.508 e. The van der Waals surface area contributed by atoms with Crippen LogP contribution in [0.1, 0.15) is 28.3 Å². The predicted octanol–water partition coefficient (Wildman–Crippen LogP) is 3.28. The average molecular weight is 253 g/mol. The Morgan fingerprint density at radius 3 is 2.58 bits per heavy atom. The van der Waals surface area contributed by atoms with E-state index in [0.29, 0.717) is 11.8 Å². The lowest BCUT2D eigenvalue weighted by atomic mass is 9.88. The number of aryl methyl sites for hydroxylation is 1. The third-order valence-corrected chi connectivity index (χ3v) is 3.99. The van der Waals surface area contributed by atoms with Crippen LogP contribution in [0.25, 0.3) is 0 Å². The summed E-state index contributed by atoms with van der Waals surface area (Å²) < 4.78 is 0. The standard InChI is InChI=1S/C17H19NO/c1-12-3-5-13(6-4-12)17-16-8-7-15(19)11-14(16)9-10-18(17)2/h3-8,11,17,19H,9-10H2,1-2H3. The first-order valence-electron chi connectivity index (χ1n) is 6.74. The molecule has 1 unspecified atom stereocenters. The number of rotatable bonds is 1. The molecule has 0 bridgehead atoms. The maximum atomic E-state index is 9.63. The van der Waals surface area contributed by atoms with Gasteiger partial charge in [-0.1, -0.05) is 35.9 Å². The normalized spacial score (nSPS) is 19.2. The predicted molar refractivity (Wildman–Crippen MR) is 77.5 cm³/mol. The molecule has 0 saturated carbocycles. The van der Waals surface area contributed by atoms with Crippen LogP contribution in [-0.4, -0.2) is 23.6 Å². The van der Waals surface area contributed by atoms with Gasteiger partial charge in [-0.05, 0) is 49.2 Å². The zero-order valence-electron chi connectivity index (χ0n) is 11.4. The van der Waals surface area contributed by atoms with Crippen molar-refractivity contribution < 1.29 is 5.11 Å². The first kappa shape index (κ1) is 12.2. The first-order valence-corrected chi connectivity index (χ1v) is 6.74. The van der Waals surface area contributed by atoms with E-state index in [9.17, 15) is 5.11 Å². The van der Waals surface area contributed by atoms with E-state index < -0.39 is 0 Å². The largest absolute Gasteiger partial charge is 0.508 e. The summed E-state index contributed by atoms with van der Waals surface area (Å²) in [6.07, 6.45) is 1.00. The summed E-state index contributed by atoms with van der Waals surface area (Å²) in [5, 5.41) is 9.63. The van der Waals surface area contributed by atoms with Gasteiger partial charge in [-0.2, -0.15) is 0 Å². The van der Waals surface area contributed by atoms with Crippen molar-refractivity contribution in [1.82, 2.24) is 4.90 Å². The van der Waals surface area contributed by atoms with Gasteiger partial charge in [0.25, 0.3) is 0 Å². The lowest BCUT2D eigenvalue weighted by molar-refractivity contribution is 0.264. The van der Waals surface area contributed by atoms with Gasteiger partial charge in [0.1, 0.15) is 5.75 Å². The second-order valence-electron chi connectivity index (χ2n) is 5.43. The highest BCUT2D eigenvalue weighted by Gasteiger charge is 2.26. The Morgan fingerprint density at radius 2 is 1.84 bits per heavy atom. The zero-order valence-corrected chi connectivity index (χ0v) is 11.4. The molecule has 0 aromatic heterocycles. The second-order valence-corrected chi connectivity index (χ2v) is 5.43. The Labute approximate surface area is 114 Å². The van der Waals surface area contributed by atoms with E-state index in [1.54, 1.807) is 6.07 Å². The first-order chi connectivity index (χ1) is 9.15. The molecular formula is C17H19NO. The van der Waals surface area contributed by atoms with Crippen LogP contribution in [0.5, 0.6) is 5.75 Å². The van der Waals surface area contributed by atoms with Crippen molar-refractivity contribution in [2.75, 3.05) is 13.6 Å². The maximum absolute atomic E-state index is 9.63. The number of aromatic hydroxyl groups is 1. The highest BCUT2D eigenvalue weighted by Crippen LogP contribution is 2.35. The molecule has 2 aromatic carbocycles. The summed E-state index contributed by atoms with van der Waals surface area (Å²) >= 11 is 0. The molecule has 1 atom stereocenters. The molecular weight excluding hydrogens is 234 g/mol. The highest BCUT2D eigenvalue weighted by molar-refractivity contribution is 5.43.